The fraction of sp³-hybridized carbons (Fsp3) is 0.214. The van der Waals surface area contributed by atoms with E-state index >= 15 is 0 Å². The van der Waals surface area contributed by atoms with Gasteiger partial charge in [-0.3, -0.25) is 4.98 Å². The lowest BCUT2D eigenvalue weighted by atomic mass is 10.2. The van der Waals surface area contributed by atoms with Crippen LogP contribution in [-0.4, -0.2) is 4.98 Å². The first-order valence-corrected chi connectivity index (χ1v) is 6.49. The van der Waals surface area contributed by atoms with Crippen molar-refractivity contribution >= 4 is 23.2 Å². The van der Waals surface area contributed by atoms with Crippen LogP contribution in [0.15, 0.2) is 36.5 Å². The third-order valence-corrected chi connectivity index (χ3v) is 3.16. The molecule has 0 fully saturated rings. The highest BCUT2D eigenvalue weighted by Crippen LogP contribution is 2.20. The predicted octanol–water partition coefficient (Wildman–Crippen LogP) is 4.36. The molecule has 2 rings (SSSR count). The number of aryl methyl sites for hydroxylation is 1. The van der Waals surface area contributed by atoms with Crippen LogP contribution in [0.2, 0.25) is 5.02 Å². The van der Waals surface area contributed by atoms with Crippen molar-refractivity contribution in [3.05, 3.63) is 58.4 Å². The third-order valence-electron chi connectivity index (χ3n) is 2.54. The van der Waals surface area contributed by atoms with E-state index in [1.54, 1.807) is 6.20 Å². The number of halogens is 2. The topological polar surface area (TPSA) is 22.1 Å². The van der Waals surface area contributed by atoms with E-state index in [0.29, 0.717) is 18.2 Å². The van der Waals surface area contributed by atoms with Gasteiger partial charge in [0, 0.05) is 10.6 Å². The Morgan fingerprint density at radius 1 is 1.22 bits per heavy atom. The van der Waals surface area contributed by atoms with Gasteiger partial charge in [0.05, 0.1) is 17.8 Å². The molecule has 0 atom stereocenters. The lowest BCUT2D eigenvalue weighted by molar-refractivity contribution is 0.305. The normalized spacial score (nSPS) is 10.4. The molecule has 0 aliphatic heterocycles. The second-order valence-electron chi connectivity index (χ2n) is 4.00. The van der Waals surface area contributed by atoms with E-state index in [9.17, 15) is 0 Å². The zero-order valence-electron chi connectivity index (χ0n) is 9.99. The molecule has 0 bridgehead atoms. The van der Waals surface area contributed by atoms with Gasteiger partial charge in [0.2, 0.25) is 0 Å². The van der Waals surface area contributed by atoms with Crippen LogP contribution in [0, 0.1) is 6.92 Å². The molecule has 0 spiro atoms. The standard InChI is InChI=1S/C14H13Cl2NO/c1-10-2-3-11(14(16)6-10)9-18-13-5-4-12(7-15)17-8-13/h2-6,8H,7,9H2,1H3. The smallest absolute Gasteiger partial charge is 0.138 e. The molecule has 0 unspecified atom stereocenters. The molecule has 0 radical (unpaired) electrons. The lowest BCUT2D eigenvalue weighted by Crippen LogP contribution is -1.97. The molecule has 94 valence electrons. The Bertz CT molecular complexity index is 526. The van der Waals surface area contributed by atoms with Gasteiger partial charge in [-0.1, -0.05) is 23.7 Å². The molecule has 4 heteroatoms. The summed E-state index contributed by atoms with van der Waals surface area (Å²) in [6.07, 6.45) is 1.67. The van der Waals surface area contributed by atoms with E-state index in [0.717, 1.165) is 21.8 Å². The number of hydrogen-bond donors (Lipinski definition) is 0. The largest absolute Gasteiger partial charge is 0.487 e. The van der Waals surface area contributed by atoms with E-state index in [1.807, 2.05) is 37.3 Å². The Balaban J connectivity index is 2.02. The average Bonchev–Trinajstić information content (AvgIpc) is 2.38. The Labute approximate surface area is 117 Å². The van der Waals surface area contributed by atoms with Gasteiger partial charge in [-0.05, 0) is 30.7 Å². The molecule has 18 heavy (non-hydrogen) atoms. The van der Waals surface area contributed by atoms with E-state index in [2.05, 4.69) is 4.98 Å². The molecular weight excluding hydrogens is 269 g/mol. The monoisotopic (exact) mass is 281 g/mol. The quantitative estimate of drug-likeness (QED) is 0.777. The van der Waals surface area contributed by atoms with Crippen molar-refractivity contribution in [2.75, 3.05) is 0 Å². The number of alkyl halides is 1. The SMILES string of the molecule is Cc1ccc(COc2ccc(CCl)nc2)c(Cl)c1. The lowest BCUT2D eigenvalue weighted by Gasteiger charge is -2.08. The number of pyridine rings is 1. The Morgan fingerprint density at radius 2 is 2.06 bits per heavy atom. The van der Waals surface area contributed by atoms with E-state index in [1.165, 1.54) is 0 Å². The van der Waals surface area contributed by atoms with Crippen LogP contribution in [0.4, 0.5) is 0 Å². The maximum Gasteiger partial charge on any atom is 0.138 e. The van der Waals surface area contributed by atoms with E-state index < -0.39 is 0 Å². The first-order chi connectivity index (χ1) is 8.69. The molecule has 0 amide bonds. The summed E-state index contributed by atoms with van der Waals surface area (Å²) < 4.78 is 5.62. The molecule has 2 nitrogen and oxygen atoms in total. The maximum absolute atomic E-state index is 6.13. The summed E-state index contributed by atoms with van der Waals surface area (Å²) in [6, 6.07) is 9.61. The van der Waals surface area contributed by atoms with Gasteiger partial charge in [-0.25, -0.2) is 0 Å². The van der Waals surface area contributed by atoms with E-state index in [-0.39, 0.29) is 0 Å². The third kappa shape index (κ3) is 3.37. The van der Waals surface area contributed by atoms with Crippen molar-refractivity contribution < 1.29 is 4.74 Å². The number of aromatic nitrogens is 1. The number of hydrogen-bond acceptors (Lipinski definition) is 2. The van der Waals surface area contributed by atoms with E-state index in [4.69, 9.17) is 27.9 Å². The molecule has 0 saturated carbocycles. The van der Waals surface area contributed by atoms with Crippen LogP contribution in [-0.2, 0) is 12.5 Å². The fourth-order valence-electron chi connectivity index (χ4n) is 1.51. The molecule has 0 saturated heterocycles. The molecule has 1 aromatic heterocycles. The Hall–Kier alpha value is -1.25. The minimum Gasteiger partial charge on any atom is -0.487 e. The second kappa shape index (κ2) is 6.07. The number of nitrogens with zero attached hydrogens (tertiary/aromatic N) is 1. The summed E-state index contributed by atoms with van der Waals surface area (Å²) in [5.41, 5.74) is 2.93. The summed E-state index contributed by atoms with van der Waals surface area (Å²) >= 11 is 11.8. The van der Waals surface area contributed by atoms with Crippen molar-refractivity contribution in [3.8, 4) is 5.75 Å². The maximum atomic E-state index is 6.13. The van der Waals surface area contributed by atoms with Gasteiger partial charge >= 0.3 is 0 Å². The minimum atomic E-state index is 0.407. The molecular formula is C14H13Cl2NO. The Morgan fingerprint density at radius 3 is 2.67 bits per heavy atom. The van der Waals surface area contributed by atoms with Crippen molar-refractivity contribution in [1.82, 2.24) is 4.98 Å². The average molecular weight is 282 g/mol. The van der Waals surface area contributed by atoms with Gasteiger partial charge in [0.25, 0.3) is 0 Å². The molecule has 1 aromatic carbocycles. The molecule has 0 aliphatic rings. The zero-order chi connectivity index (χ0) is 13.0. The van der Waals surface area contributed by atoms with Crippen LogP contribution >= 0.6 is 23.2 Å². The number of rotatable bonds is 4. The van der Waals surface area contributed by atoms with Gasteiger partial charge < -0.3 is 4.74 Å². The summed E-state index contributed by atoms with van der Waals surface area (Å²) in [7, 11) is 0. The minimum absolute atomic E-state index is 0.407. The molecule has 2 aromatic rings. The highest BCUT2D eigenvalue weighted by molar-refractivity contribution is 6.31. The Kier molecular flexibility index (Phi) is 4.45. The van der Waals surface area contributed by atoms with Gasteiger partial charge in [0.1, 0.15) is 12.4 Å². The first kappa shape index (κ1) is 13.2. The van der Waals surface area contributed by atoms with Gasteiger partial charge in [-0.2, -0.15) is 0 Å². The first-order valence-electron chi connectivity index (χ1n) is 5.58. The summed E-state index contributed by atoms with van der Waals surface area (Å²) in [5, 5.41) is 0.723. The summed E-state index contributed by atoms with van der Waals surface area (Å²) in [4.78, 5) is 4.16. The second-order valence-corrected chi connectivity index (χ2v) is 4.68. The van der Waals surface area contributed by atoms with Crippen molar-refractivity contribution in [3.63, 3.8) is 0 Å². The van der Waals surface area contributed by atoms with Crippen molar-refractivity contribution in [2.45, 2.75) is 19.4 Å². The summed E-state index contributed by atoms with van der Waals surface area (Å²) in [6.45, 7) is 2.44. The molecule has 0 aliphatic carbocycles. The van der Waals surface area contributed by atoms with Crippen LogP contribution in [0.3, 0.4) is 0 Å². The number of ether oxygens (including phenoxy) is 1. The number of benzene rings is 1. The van der Waals surface area contributed by atoms with Crippen LogP contribution in [0.25, 0.3) is 0 Å². The predicted molar refractivity (Wildman–Crippen MR) is 74.3 cm³/mol. The van der Waals surface area contributed by atoms with Crippen LogP contribution in [0.5, 0.6) is 5.75 Å². The fourth-order valence-corrected chi connectivity index (χ4v) is 1.95. The zero-order valence-corrected chi connectivity index (χ0v) is 11.5. The molecule has 1 heterocycles. The summed E-state index contributed by atoms with van der Waals surface area (Å²) in [5.74, 6) is 1.12. The molecule has 0 N–H and O–H groups in total. The van der Waals surface area contributed by atoms with Crippen molar-refractivity contribution in [1.29, 1.82) is 0 Å². The van der Waals surface area contributed by atoms with Gasteiger partial charge in [0.15, 0.2) is 0 Å². The highest BCUT2D eigenvalue weighted by Gasteiger charge is 2.02. The van der Waals surface area contributed by atoms with Crippen LogP contribution < -0.4 is 4.74 Å². The van der Waals surface area contributed by atoms with Gasteiger partial charge in [-0.15, -0.1) is 11.6 Å². The van der Waals surface area contributed by atoms with Crippen LogP contribution in [0.1, 0.15) is 16.8 Å². The highest BCUT2D eigenvalue weighted by atomic mass is 35.5. The van der Waals surface area contributed by atoms with Crippen molar-refractivity contribution in [2.24, 2.45) is 0 Å².